The van der Waals surface area contributed by atoms with Gasteiger partial charge in [0, 0.05) is 75.0 Å². The minimum Gasteiger partial charge on any atom is -0.490 e. The summed E-state index contributed by atoms with van der Waals surface area (Å²) in [5, 5.41) is 6.09. The summed E-state index contributed by atoms with van der Waals surface area (Å²) in [6.07, 6.45) is 2.12. The highest BCUT2D eigenvalue weighted by molar-refractivity contribution is 6.32. The lowest BCUT2D eigenvalue weighted by Crippen LogP contribution is -2.44. The smallest absolute Gasteiger partial charge is 0.262 e. The maximum atomic E-state index is 15.1. The fourth-order valence-corrected chi connectivity index (χ4v) is 6.04. The van der Waals surface area contributed by atoms with Crippen molar-refractivity contribution in [2.24, 2.45) is 0 Å². The average Bonchev–Trinajstić information content (AvgIpc) is 3.13. The average molecular weight is 732 g/mol. The summed E-state index contributed by atoms with van der Waals surface area (Å²) in [6, 6.07) is 13.0. The SMILES string of the molecule is CCN(CC)C(=O)c1ccc(Oc2nc(Nc3ccc(OCCCN4CCN(C)CC4)c(F)c3)ncc2C(=O)Nc2ccc(C)c(C)c2C)c(Cl)c1. The number of ether oxygens (including phenoxy) is 2. The number of nitrogens with zero attached hydrogens (tertiary/aromatic N) is 5. The van der Waals surface area contributed by atoms with Gasteiger partial charge in [0.15, 0.2) is 11.6 Å². The first-order chi connectivity index (χ1) is 25.0. The molecule has 52 heavy (non-hydrogen) atoms. The van der Waals surface area contributed by atoms with Gasteiger partial charge in [0.25, 0.3) is 11.8 Å². The molecule has 2 amide bonds. The molecular formula is C39H47ClFN7O4. The van der Waals surface area contributed by atoms with Crippen molar-refractivity contribution in [2.75, 3.05) is 70.1 Å². The van der Waals surface area contributed by atoms with E-state index in [1.165, 1.54) is 18.3 Å². The van der Waals surface area contributed by atoms with Crippen molar-refractivity contribution >= 4 is 40.7 Å². The van der Waals surface area contributed by atoms with E-state index in [0.717, 1.165) is 55.8 Å². The van der Waals surface area contributed by atoms with Gasteiger partial charge in [0.2, 0.25) is 11.8 Å². The van der Waals surface area contributed by atoms with Gasteiger partial charge in [-0.25, -0.2) is 9.37 Å². The maximum Gasteiger partial charge on any atom is 0.262 e. The van der Waals surface area contributed by atoms with Crippen LogP contribution in [0.2, 0.25) is 5.02 Å². The van der Waals surface area contributed by atoms with Crippen molar-refractivity contribution < 1.29 is 23.5 Å². The first-order valence-electron chi connectivity index (χ1n) is 17.6. The highest BCUT2D eigenvalue weighted by Gasteiger charge is 2.21. The lowest BCUT2D eigenvalue weighted by molar-refractivity contribution is 0.0772. The first-order valence-corrected chi connectivity index (χ1v) is 18.0. The van der Waals surface area contributed by atoms with E-state index in [1.807, 2.05) is 46.8 Å². The Morgan fingerprint density at radius 1 is 0.962 bits per heavy atom. The molecule has 0 unspecified atom stereocenters. The minimum absolute atomic E-state index is 0.0361. The molecule has 5 rings (SSSR count). The Labute approximate surface area is 310 Å². The molecular weight excluding hydrogens is 685 g/mol. The van der Waals surface area contributed by atoms with E-state index in [2.05, 4.69) is 37.4 Å². The fourth-order valence-electron chi connectivity index (χ4n) is 5.82. The Morgan fingerprint density at radius 2 is 1.69 bits per heavy atom. The number of nitrogens with one attached hydrogen (secondary N) is 2. The number of anilines is 3. The maximum absolute atomic E-state index is 15.1. The summed E-state index contributed by atoms with van der Waals surface area (Å²) < 4.78 is 27.0. The van der Waals surface area contributed by atoms with Crippen LogP contribution in [-0.4, -0.2) is 95.9 Å². The minimum atomic E-state index is -0.535. The molecule has 1 saturated heterocycles. The third-order valence-electron chi connectivity index (χ3n) is 9.40. The molecule has 0 atom stereocenters. The number of carbonyl (C=O) groups is 2. The number of halogens is 2. The normalized spacial score (nSPS) is 13.5. The van der Waals surface area contributed by atoms with Gasteiger partial charge >= 0.3 is 0 Å². The predicted octanol–water partition coefficient (Wildman–Crippen LogP) is 7.48. The standard InChI is InChI=1S/C39H47ClFN7O4/c1-7-48(8-2)38(50)28-11-14-34(31(40)22-28)52-37-30(36(49)44-33-13-10-25(3)26(4)27(33)5)24-42-39(45-37)43-29-12-15-35(32(41)23-29)51-21-9-16-47-19-17-46(6)18-20-47/h10-15,22-24H,7-9,16-21H2,1-6H3,(H,44,49)(H,42,43,45). The Morgan fingerprint density at radius 3 is 2.38 bits per heavy atom. The quantitative estimate of drug-likeness (QED) is 0.128. The third kappa shape index (κ3) is 9.55. The molecule has 13 heteroatoms. The van der Waals surface area contributed by atoms with Gasteiger partial charge in [-0.3, -0.25) is 9.59 Å². The molecule has 0 saturated carbocycles. The number of rotatable bonds is 14. The summed E-state index contributed by atoms with van der Waals surface area (Å²) in [6.45, 7) is 16.3. The second kappa shape index (κ2) is 17.6. The highest BCUT2D eigenvalue weighted by Crippen LogP contribution is 2.33. The largest absolute Gasteiger partial charge is 0.490 e. The second-order valence-electron chi connectivity index (χ2n) is 12.9. The van der Waals surface area contributed by atoms with Crippen molar-refractivity contribution in [1.82, 2.24) is 24.7 Å². The van der Waals surface area contributed by atoms with Gasteiger partial charge in [0.1, 0.15) is 11.3 Å². The second-order valence-corrected chi connectivity index (χ2v) is 13.3. The Balaban J connectivity index is 1.34. The molecule has 3 aromatic carbocycles. The number of hydrogen-bond acceptors (Lipinski definition) is 9. The van der Waals surface area contributed by atoms with Gasteiger partial charge in [0.05, 0.1) is 11.6 Å². The molecule has 1 aliphatic heterocycles. The number of piperazine rings is 1. The Hall–Kier alpha value is -4.78. The van der Waals surface area contributed by atoms with E-state index >= 15 is 4.39 Å². The molecule has 1 aromatic heterocycles. The number of aryl methyl sites for hydroxylation is 1. The van der Waals surface area contributed by atoms with Crippen molar-refractivity contribution in [1.29, 1.82) is 0 Å². The molecule has 0 spiro atoms. The van der Waals surface area contributed by atoms with E-state index < -0.39 is 11.7 Å². The molecule has 276 valence electrons. The van der Waals surface area contributed by atoms with Crippen molar-refractivity contribution in [3.8, 4) is 17.4 Å². The van der Waals surface area contributed by atoms with Crippen LogP contribution in [0, 0.1) is 26.6 Å². The van der Waals surface area contributed by atoms with Crippen molar-refractivity contribution in [3.63, 3.8) is 0 Å². The molecule has 0 aliphatic carbocycles. The molecule has 2 N–H and O–H groups in total. The van der Waals surface area contributed by atoms with E-state index in [9.17, 15) is 9.59 Å². The molecule has 1 fully saturated rings. The zero-order valence-electron chi connectivity index (χ0n) is 30.7. The number of hydrogen-bond donors (Lipinski definition) is 2. The lowest BCUT2D eigenvalue weighted by atomic mass is 10.0. The number of carbonyl (C=O) groups excluding carboxylic acids is 2. The summed E-state index contributed by atoms with van der Waals surface area (Å²) in [7, 11) is 2.12. The predicted molar refractivity (Wildman–Crippen MR) is 203 cm³/mol. The van der Waals surface area contributed by atoms with E-state index in [1.54, 1.807) is 29.2 Å². The zero-order valence-corrected chi connectivity index (χ0v) is 31.4. The van der Waals surface area contributed by atoms with Gasteiger partial charge in [-0.1, -0.05) is 17.7 Å². The van der Waals surface area contributed by atoms with Gasteiger partial charge in [-0.05, 0) is 101 Å². The monoisotopic (exact) mass is 731 g/mol. The first kappa shape index (κ1) is 38.5. The number of benzene rings is 3. The number of aromatic nitrogens is 2. The van der Waals surface area contributed by atoms with Crippen LogP contribution < -0.4 is 20.1 Å². The highest BCUT2D eigenvalue weighted by atomic mass is 35.5. The van der Waals surface area contributed by atoms with Crippen LogP contribution in [-0.2, 0) is 0 Å². The van der Waals surface area contributed by atoms with Gasteiger partial charge in [-0.2, -0.15) is 4.98 Å². The fraction of sp³-hybridized carbons (Fsp3) is 0.385. The summed E-state index contributed by atoms with van der Waals surface area (Å²) in [5.41, 5.74) is 4.53. The van der Waals surface area contributed by atoms with E-state index in [4.69, 9.17) is 21.1 Å². The zero-order chi connectivity index (χ0) is 37.4. The van der Waals surface area contributed by atoms with Crippen LogP contribution in [0.1, 0.15) is 57.7 Å². The van der Waals surface area contributed by atoms with Crippen LogP contribution in [0.25, 0.3) is 0 Å². The van der Waals surface area contributed by atoms with Crippen LogP contribution >= 0.6 is 11.6 Å². The molecule has 0 radical (unpaired) electrons. The van der Waals surface area contributed by atoms with Crippen LogP contribution in [0.5, 0.6) is 17.4 Å². The molecule has 0 bridgehead atoms. The topological polar surface area (TPSA) is 112 Å². The summed E-state index contributed by atoms with van der Waals surface area (Å²) in [4.78, 5) is 41.8. The lowest BCUT2D eigenvalue weighted by Gasteiger charge is -2.32. The Bertz CT molecular complexity index is 1900. The Kier molecular flexibility index (Phi) is 13.0. The van der Waals surface area contributed by atoms with Crippen molar-refractivity contribution in [3.05, 3.63) is 93.4 Å². The van der Waals surface area contributed by atoms with Crippen molar-refractivity contribution in [2.45, 2.75) is 41.0 Å². The molecule has 2 heterocycles. The molecule has 4 aromatic rings. The number of amides is 2. The molecule has 11 nitrogen and oxygen atoms in total. The van der Waals surface area contributed by atoms with Crippen LogP contribution in [0.15, 0.2) is 54.7 Å². The van der Waals surface area contributed by atoms with Gasteiger partial charge < -0.3 is 34.8 Å². The summed E-state index contributed by atoms with van der Waals surface area (Å²) in [5.74, 6) is -0.908. The van der Waals surface area contributed by atoms with E-state index in [-0.39, 0.29) is 39.8 Å². The van der Waals surface area contributed by atoms with Gasteiger partial charge in [-0.15, -0.1) is 0 Å². The third-order valence-corrected chi connectivity index (χ3v) is 9.70. The van der Waals surface area contributed by atoms with Crippen LogP contribution in [0.4, 0.5) is 21.7 Å². The summed E-state index contributed by atoms with van der Waals surface area (Å²) >= 11 is 6.61. The van der Waals surface area contributed by atoms with Crippen LogP contribution in [0.3, 0.4) is 0 Å². The number of likely N-dealkylation sites (N-methyl/N-ethyl adjacent to an activating group) is 1. The molecule has 1 aliphatic rings. The van der Waals surface area contributed by atoms with E-state index in [0.29, 0.717) is 36.6 Å².